The topological polar surface area (TPSA) is 6.48 Å². The molecular formula is C10H20N2. The van der Waals surface area contributed by atoms with E-state index in [1.807, 2.05) is 0 Å². The standard InChI is InChI=1S/C8H16N2.C2H4/c1-9-5-6-10-4-2-3-8(10)7-9;1-2/h8H,2-7H2,1H3;1-2H2. The van der Waals surface area contributed by atoms with Crippen molar-refractivity contribution in [2.45, 2.75) is 18.9 Å². The highest BCUT2D eigenvalue weighted by atomic mass is 15.3. The van der Waals surface area contributed by atoms with Crippen molar-refractivity contribution in [1.29, 1.82) is 0 Å². The van der Waals surface area contributed by atoms with Gasteiger partial charge in [0.05, 0.1) is 0 Å². The van der Waals surface area contributed by atoms with Crippen LogP contribution in [0, 0.1) is 0 Å². The summed E-state index contributed by atoms with van der Waals surface area (Å²) in [6.07, 6.45) is 2.86. The van der Waals surface area contributed by atoms with E-state index in [0.717, 1.165) is 6.04 Å². The Hall–Kier alpha value is -0.340. The molecule has 12 heavy (non-hydrogen) atoms. The molecule has 0 saturated carbocycles. The van der Waals surface area contributed by atoms with Gasteiger partial charge < -0.3 is 4.90 Å². The number of hydrogen-bond donors (Lipinski definition) is 0. The molecule has 1 atom stereocenters. The highest BCUT2D eigenvalue weighted by Gasteiger charge is 2.28. The molecular weight excluding hydrogens is 148 g/mol. The first kappa shape index (κ1) is 9.75. The highest BCUT2D eigenvalue weighted by molar-refractivity contribution is 4.85. The van der Waals surface area contributed by atoms with Crippen LogP contribution in [0.1, 0.15) is 12.8 Å². The molecule has 2 rings (SSSR count). The van der Waals surface area contributed by atoms with E-state index in [-0.39, 0.29) is 0 Å². The molecule has 0 spiro atoms. The number of nitrogens with zero attached hydrogens (tertiary/aromatic N) is 2. The van der Waals surface area contributed by atoms with E-state index in [0.29, 0.717) is 0 Å². The predicted octanol–water partition coefficient (Wildman–Crippen LogP) is 1.20. The Bertz CT molecular complexity index is 136. The van der Waals surface area contributed by atoms with Gasteiger partial charge in [-0.15, -0.1) is 13.2 Å². The van der Waals surface area contributed by atoms with Gasteiger partial charge in [-0.3, -0.25) is 4.90 Å². The molecule has 2 heterocycles. The second kappa shape index (κ2) is 4.63. The normalized spacial score (nSPS) is 30.6. The molecule has 0 N–H and O–H groups in total. The fraction of sp³-hybridized carbons (Fsp3) is 0.800. The summed E-state index contributed by atoms with van der Waals surface area (Å²) in [5.41, 5.74) is 0. The molecule has 1 unspecified atom stereocenters. The molecule has 0 bridgehead atoms. The van der Waals surface area contributed by atoms with Crippen LogP contribution in [0.5, 0.6) is 0 Å². The molecule has 2 aliphatic heterocycles. The van der Waals surface area contributed by atoms with Gasteiger partial charge in [0.2, 0.25) is 0 Å². The van der Waals surface area contributed by atoms with Gasteiger partial charge in [-0.05, 0) is 26.4 Å². The summed E-state index contributed by atoms with van der Waals surface area (Å²) < 4.78 is 0. The minimum atomic E-state index is 0.902. The van der Waals surface area contributed by atoms with Crippen LogP contribution in [-0.4, -0.2) is 49.1 Å². The van der Waals surface area contributed by atoms with Crippen LogP contribution in [0.3, 0.4) is 0 Å². The van der Waals surface area contributed by atoms with Gasteiger partial charge in [0.1, 0.15) is 0 Å². The molecule has 2 heteroatoms. The Labute approximate surface area is 75.8 Å². The Morgan fingerprint density at radius 1 is 1.17 bits per heavy atom. The van der Waals surface area contributed by atoms with Gasteiger partial charge in [0, 0.05) is 25.7 Å². The van der Waals surface area contributed by atoms with E-state index in [1.54, 1.807) is 0 Å². The van der Waals surface area contributed by atoms with E-state index in [1.165, 1.54) is 39.0 Å². The number of fused-ring (bicyclic) bond motifs is 1. The van der Waals surface area contributed by atoms with Crippen molar-refractivity contribution < 1.29 is 0 Å². The monoisotopic (exact) mass is 168 g/mol. The third-order valence-corrected chi connectivity index (χ3v) is 2.79. The zero-order valence-corrected chi connectivity index (χ0v) is 8.13. The van der Waals surface area contributed by atoms with Crippen LogP contribution < -0.4 is 0 Å². The van der Waals surface area contributed by atoms with Crippen LogP contribution in [0.4, 0.5) is 0 Å². The molecule has 0 aromatic heterocycles. The summed E-state index contributed by atoms with van der Waals surface area (Å²) in [7, 11) is 2.23. The predicted molar refractivity (Wildman–Crippen MR) is 53.3 cm³/mol. The zero-order valence-electron chi connectivity index (χ0n) is 8.13. The Morgan fingerprint density at radius 2 is 1.92 bits per heavy atom. The first-order chi connectivity index (χ1) is 5.86. The second-order valence-electron chi connectivity index (χ2n) is 3.59. The Balaban J connectivity index is 0.000000336. The summed E-state index contributed by atoms with van der Waals surface area (Å²) in [6.45, 7) is 11.2. The lowest BCUT2D eigenvalue weighted by molar-refractivity contribution is 0.124. The number of likely N-dealkylation sites (N-methyl/N-ethyl adjacent to an activating group) is 1. The van der Waals surface area contributed by atoms with Crippen LogP contribution in [-0.2, 0) is 0 Å². The van der Waals surface area contributed by atoms with Crippen molar-refractivity contribution in [3.63, 3.8) is 0 Å². The summed E-state index contributed by atoms with van der Waals surface area (Å²) in [5, 5.41) is 0. The van der Waals surface area contributed by atoms with Crippen molar-refractivity contribution in [2.24, 2.45) is 0 Å². The molecule has 0 radical (unpaired) electrons. The van der Waals surface area contributed by atoms with Crippen molar-refractivity contribution in [2.75, 3.05) is 33.2 Å². The van der Waals surface area contributed by atoms with Crippen molar-refractivity contribution >= 4 is 0 Å². The van der Waals surface area contributed by atoms with E-state index >= 15 is 0 Å². The molecule has 2 fully saturated rings. The number of piperazine rings is 1. The minimum absolute atomic E-state index is 0.902. The fourth-order valence-electron chi connectivity index (χ4n) is 2.15. The summed E-state index contributed by atoms with van der Waals surface area (Å²) in [6, 6.07) is 0.902. The molecule has 0 amide bonds. The third kappa shape index (κ3) is 2.08. The maximum absolute atomic E-state index is 3.00. The molecule has 2 aliphatic rings. The van der Waals surface area contributed by atoms with Crippen LogP contribution in [0.25, 0.3) is 0 Å². The molecule has 0 aromatic rings. The average molecular weight is 168 g/mol. The smallest absolute Gasteiger partial charge is 0.0224 e. The highest BCUT2D eigenvalue weighted by Crippen LogP contribution is 2.20. The summed E-state index contributed by atoms with van der Waals surface area (Å²) >= 11 is 0. The van der Waals surface area contributed by atoms with E-state index < -0.39 is 0 Å². The van der Waals surface area contributed by atoms with Crippen LogP contribution >= 0.6 is 0 Å². The minimum Gasteiger partial charge on any atom is -0.304 e. The average Bonchev–Trinajstić information content (AvgIpc) is 2.54. The first-order valence-corrected chi connectivity index (χ1v) is 4.79. The van der Waals surface area contributed by atoms with Crippen LogP contribution in [0.2, 0.25) is 0 Å². The van der Waals surface area contributed by atoms with Crippen LogP contribution in [0.15, 0.2) is 13.2 Å². The van der Waals surface area contributed by atoms with Gasteiger partial charge in [0.25, 0.3) is 0 Å². The Kier molecular flexibility index (Phi) is 3.76. The largest absolute Gasteiger partial charge is 0.304 e. The first-order valence-electron chi connectivity index (χ1n) is 4.79. The zero-order chi connectivity index (χ0) is 8.97. The molecule has 2 saturated heterocycles. The quantitative estimate of drug-likeness (QED) is 0.501. The van der Waals surface area contributed by atoms with Crippen molar-refractivity contribution in [3.8, 4) is 0 Å². The van der Waals surface area contributed by atoms with Crippen molar-refractivity contribution in [3.05, 3.63) is 13.2 Å². The van der Waals surface area contributed by atoms with Crippen molar-refractivity contribution in [1.82, 2.24) is 9.80 Å². The fourth-order valence-corrected chi connectivity index (χ4v) is 2.15. The lowest BCUT2D eigenvalue weighted by Gasteiger charge is -2.35. The molecule has 70 valence electrons. The van der Waals surface area contributed by atoms with Gasteiger partial charge in [-0.25, -0.2) is 0 Å². The SMILES string of the molecule is C=C.CN1CCN2CCCC2C1. The lowest BCUT2D eigenvalue weighted by atomic mass is 10.2. The molecule has 0 aromatic carbocycles. The molecule has 2 nitrogen and oxygen atoms in total. The summed E-state index contributed by atoms with van der Waals surface area (Å²) in [5.74, 6) is 0. The lowest BCUT2D eigenvalue weighted by Crippen LogP contribution is -2.48. The molecule has 0 aliphatic carbocycles. The van der Waals surface area contributed by atoms with Gasteiger partial charge in [-0.2, -0.15) is 0 Å². The maximum atomic E-state index is 3.00. The van der Waals surface area contributed by atoms with E-state index in [2.05, 4.69) is 30.0 Å². The van der Waals surface area contributed by atoms with E-state index in [4.69, 9.17) is 0 Å². The van der Waals surface area contributed by atoms with E-state index in [9.17, 15) is 0 Å². The third-order valence-electron chi connectivity index (χ3n) is 2.79. The van der Waals surface area contributed by atoms with Gasteiger partial charge in [-0.1, -0.05) is 0 Å². The second-order valence-corrected chi connectivity index (χ2v) is 3.59. The number of rotatable bonds is 0. The van der Waals surface area contributed by atoms with Gasteiger partial charge in [0.15, 0.2) is 0 Å². The van der Waals surface area contributed by atoms with Gasteiger partial charge >= 0.3 is 0 Å². The maximum Gasteiger partial charge on any atom is 0.0224 e. The Morgan fingerprint density at radius 3 is 2.67 bits per heavy atom. The summed E-state index contributed by atoms with van der Waals surface area (Å²) in [4.78, 5) is 5.09. The number of hydrogen-bond acceptors (Lipinski definition) is 2.